The molecule has 0 amide bonds. The first-order valence-corrected chi connectivity index (χ1v) is 2.91. The predicted molar refractivity (Wildman–Crippen MR) is 37.2 cm³/mol. The molecular formula is C5H6ClNO4. The Balaban J connectivity index is 4.35. The van der Waals surface area contributed by atoms with Crippen LogP contribution in [0.3, 0.4) is 0 Å². The van der Waals surface area contributed by atoms with E-state index in [4.69, 9.17) is 27.5 Å². The van der Waals surface area contributed by atoms with Gasteiger partial charge < -0.3 is 15.9 Å². The Morgan fingerprint density at radius 3 is 2.18 bits per heavy atom. The highest BCUT2D eigenvalue weighted by atomic mass is 35.5. The molecule has 0 saturated carbocycles. The molecule has 0 aliphatic carbocycles. The van der Waals surface area contributed by atoms with E-state index >= 15 is 0 Å². The number of carbonyl (C=O) groups is 2. The third-order valence-electron chi connectivity index (χ3n) is 0.825. The highest BCUT2D eigenvalue weighted by molar-refractivity contribution is 6.33. The zero-order valence-corrected chi connectivity index (χ0v) is 6.08. The van der Waals surface area contributed by atoms with E-state index in [2.05, 4.69) is 0 Å². The highest BCUT2D eigenvalue weighted by Gasteiger charge is 2.15. The first kappa shape index (κ1) is 9.93. The van der Waals surface area contributed by atoms with Gasteiger partial charge in [0.15, 0.2) is 0 Å². The van der Waals surface area contributed by atoms with Crippen molar-refractivity contribution >= 4 is 23.5 Å². The fraction of sp³-hybridized carbons (Fsp3) is 0.200. The summed E-state index contributed by atoms with van der Waals surface area (Å²) in [6.45, 7) is 0. The molecule has 0 aromatic heterocycles. The molecule has 0 bridgehead atoms. The molecule has 0 aliphatic rings. The van der Waals surface area contributed by atoms with Gasteiger partial charge in [-0.1, -0.05) is 11.6 Å². The van der Waals surface area contributed by atoms with E-state index in [1.165, 1.54) is 0 Å². The smallest absolute Gasteiger partial charge is 0.329 e. The average molecular weight is 180 g/mol. The fourth-order valence-corrected chi connectivity index (χ4v) is 0.512. The number of rotatable bonds is 3. The van der Waals surface area contributed by atoms with Gasteiger partial charge >= 0.3 is 11.9 Å². The first-order valence-electron chi connectivity index (χ1n) is 2.53. The average Bonchev–Trinajstić information content (AvgIpc) is 1.84. The van der Waals surface area contributed by atoms with Gasteiger partial charge in [0.1, 0.15) is 6.04 Å². The maximum Gasteiger partial charge on any atom is 0.329 e. The molecule has 0 fully saturated rings. The van der Waals surface area contributed by atoms with Crippen LogP contribution in [-0.2, 0) is 9.59 Å². The molecule has 0 radical (unpaired) electrons. The number of aliphatic carboxylic acids is 2. The number of hydrogen-bond acceptors (Lipinski definition) is 3. The minimum atomic E-state index is -1.47. The van der Waals surface area contributed by atoms with Gasteiger partial charge in [-0.2, -0.15) is 0 Å². The van der Waals surface area contributed by atoms with Crippen molar-refractivity contribution in [1.29, 1.82) is 0 Å². The standard InChI is InChI=1S/C5H6ClNO4/c6-2(1-3(8)9)4(7)5(10)11/h1,4H,7H2,(H,8,9)(H,10,11). The van der Waals surface area contributed by atoms with E-state index < -0.39 is 23.0 Å². The SMILES string of the molecule is NC(C(=O)O)C(Cl)=CC(=O)O. The van der Waals surface area contributed by atoms with Gasteiger partial charge in [0.25, 0.3) is 0 Å². The topological polar surface area (TPSA) is 101 Å². The van der Waals surface area contributed by atoms with E-state index in [1.54, 1.807) is 0 Å². The van der Waals surface area contributed by atoms with Crippen molar-refractivity contribution in [3.05, 3.63) is 11.1 Å². The number of nitrogens with two attached hydrogens (primary N) is 1. The van der Waals surface area contributed by atoms with Gasteiger partial charge in [-0.3, -0.25) is 4.79 Å². The minimum absolute atomic E-state index is 0.412. The molecule has 0 aromatic rings. The molecule has 0 aliphatic heterocycles. The molecule has 6 heteroatoms. The molecule has 0 spiro atoms. The van der Waals surface area contributed by atoms with Crippen LogP contribution in [0.5, 0.6) is 0 Å². The van der Waals surface area contributed by atoms with Gasteiger partial charge in [-0.05, 0) is 0 Å². The van der Waals surface area contributed by atoms with Crippen LogP contribution in [0, 0.1) is 0 Å². The summed E-state index contributed by atoms with van der Waals surface area (Å²) < 4.78 is 0. The molecule has 62 valence electrons. The second-order valence-corrected chi connectivity index (χ2v) is 2.12. The van der Waals surface area contributed by atoms with Crippen LogP contribution in [0.1, 0.15) is 0 Å². The third kappa shape index (κ3) is 3.59. The molecule has 0 heterocycles. The molecule has 1 atom stereocenters. The van der Waals surface area contributed by atoms with Crippen molar-refractivity contribution in [3.8, 4) is 0 Å². The predicted octanol–water partition coefficient (Wildman–Crippen LogP) is -0.394. The Kier molecular flexibility index (Phi) is 3.56. The maximum absolute atomic E-state index is 10.1. The van der Waals surface area contributed by atoms with E-state index in [9.17, 15) is 9.59 Å². The van der Waals surface area contributed by atoms with Gasteiger partial charge in [-0.15, -0.1) is 0 Å². The van der Waals surface area contributed by atoms with Crippen LogP contribution < -0.4 is 5.73 Å². The Morgan fingerprint density at radius 1 is 1.45 bits per heavy atom. The normalized spacial score (nSPS) is 14.2. The number of halogens is 1. The summed E-state index contributed by atoms with van der Waals surface area (Å²) in [5, 5.41) is 15.9. The Morgan fingerprint density at radius 2 is 1.91 bits per heavy atom. The summed E-state index contributed by atoms with van der Waals surface area (Å²) >= 11 is 5.20. The van der Waals surface area contributed by atoms with E-state index in [1.807, 2.05) is 0 Å². The summed E-state index contributed by atoms with van der Waals surface area (Å²) in [7, 11) is 0. The molecular weight excluding hydrogens is 174 g/mol. The Bertz CT molecular complexity index is 213. The van der Waals surface area contributed by atoms with Crippen molar-refractivity contribution in [2.45, 2.75) is 6.04 Å². The van der Waals surface area contributed by atoms with E-state index in [0.717, 1.165) is 0 Å². The fourth-order valence-electron chi connectivity index (χ4n) is 0.326. The summed E-state index contributed by atoms with van der Waals surface area (Å²) in [5.41, 5.74) is 4.95. The summed E-state index contributed by atoms with van der Waals surface area (Å²) in [6.07, 6.45) is 0.542. The molecule has 11 heavy (non-hydrogen) atoms. The van der Waals surface area contributed by atoms with Gasteiger partial charge in [0.05, 0.1) is 5.03 Å². The van der Waals surface area contributed by atoms with Crippen LogP contribution in [0.4, 0.5) is 0 Å². The Labute approximate surface area is 67.1 Å². The summed E-state index contributed by atoms with van der Waals surface area (Å²) in [6, 6.07) is -1.47. The number of carboxylic acid groups (broad SMARTS) is 2. The number of carboxylic acids is 2. The van der Waals surface area contributed by atoms with Crippen molar-refractivity contribution in [2.75, 3.05) is 0 Å². The third-order valence-corrected chi connectivity index (χ3v) is 1.17. The van der Waals surface area contributed by atoms with Crippen molar-refractivity contribution < 1.29 is 19.8 Å². The first-order chi connectivity index (χ1) is 4.95. The lowest BCUT2D eigenvalue weighted by Gasteiger charge is -2.01. The monoisotopic (exact) mass is 179 g/mol. The van der Waals surface area contributed by atoms with Gasteiger partial charge in [0.2, 0.25) is 0 Å². The zero-order valence-electron chi connectivity index (χ0n) is 5.32. The lowest BCUT2D eigenvalue weighted by Crippen LogP contribution is -2.30. The van der Waals surface area contributed by atoms with E-state index in [-0.39, 0.29) is 0 Å². The van der Waals surface area contributed by atoms with Crippen LogP contribution >= 0.6 is 11.6 Å². The van der Waals surface area contributed by atoms with Crippen molar-refractivity contribution in [3.63, 3.8) is 0 Å². The van der Waals surface area contributed by atoms with Crippen LogP contribution in [0.25, 0.3) is 0 Å². The molecule has 0 aromatic carbocycles. The van der Waals surface area contributed by atoms with Crippen LogP contribution in [0.2, 0.25) is 0 Å². The Hall–Kier alpha value is -1.07. The second kappa shape index (κ2) is 3.95. The van der Waals surface area contributed by atoms with Gasteiger partial charge in [-0.25, -0.2) is 4.79 Å². The lowest BCUT2D eigenvalue weighted by atomic mass is 10.3. The summed E-state index contributed by atoms with van der Waals surface area (Å²) in [4.78, 5) is 20.0. The molecule has 5 nitrogen and oxygen atoms in total. The molecule has 0 rings (SSSR count). The van der Waals surface area contributed by atoms with Crippen LogP contribution in [0.15, 0.2) is 11.1 Å². The zero-order chi connectivity index (χ0) is 9.02. The largest absolute Gasteiger partial charge is 0.480 e. The van der Waals surface area contributed by atoms with Gasteiger partial charge in [0, 0.05) is 6.08 Å². The quantitative estimate of drug-likeness (QED) is 0.512. The lowest BCUT2D eigenvalue weighted by molar-refractivity contribution is -0.137. The van der Waals surface area contributed by atoms with Crippen LogP contribution in [-0.4, -0.2) is 28.2 Å². The molecule has 0 saturated heterocycles. The van der Waals surface area contributed by atoms with Crippen molar-refractivity contribution in [1.82, 2.24) is 0 Å². The van der Waals surface area contributed by atoms with E-state index in [0.29, 0.717) is 6.08 Å². The summed E-state index contributed by atoms with van der Waals surface area (Å²) in [5.74, 6) is -2.70. The van der Waals surface area contributed by atoms with Crippen molar-refractivity contribution in [2.24, 2.45) is 5.73 Å². The number of hydrogen-bond donors (Lipinski definition) is 3. The second-order valence-electron chi connectivity index (χ2n) is 1.68. The molecule has 4 N–H and O–H groups in total. The molecule has 1 unspecified atom stereocenters. The minimum Gasteiger partial charge on any atom is -0.480 e. The highest BCUT2D eigenvalue weighted by Crippen LogP contribution is 2.05. The maximum atomic E-state index is 10.1.